The molecule has 4 N–H and O–H groups in total. The van der Waals surface area contributed by atoms with Gasteiger partial charge in [0.15, 0.2) is 5.82 Å². The van der Waals surface area contributed by atoms with E-state index in [0.717, 1.165) is 30.8 Å². The van der Waals surface area contributed by atoms with Gasteiger partial charge in [-0.15, -0.1) is 0 Å². The second-order valence-electron chi connectivity index (χ2n) is 3.44. The number of nitrogens with one attached hydrogen (secondary N) is 4. The second kappa shape index (κ2) is 4.31. The number of aromatic amines is 1. The number of anilines is 1. The molecule has 1 aromatic heterocycles. The third-order valence-electron chi connectivity index (χ3n) is 2.38. The van der Waals surface area contributed by atoms with E-state index in [1.165, 1.54) is 0 Å². The van der Waals surface area contributed by atoms with Gasteiger partial charge < -0.3 is 10.6 Å². The van der Waals surface area contributed by atoms with Crippen LogP contribution in [0, 0.1) is 0 Å². The van der Waals surface area contributed by atoms with Crippen molar-refractivity contribution in [2.24, 2.45) is 0 Å². The minimum Gasteiger partial charge on any atom is -0.338 e. The van der Waals surface area contributed by atoms with Crippen molar-refractivity contribution < 1.29 is 4.79 Å². The first kappa shape index (κ1) is 9.97. The minimum atomic E-state index is -0.203. The summed E-state index contributed by atoms with van der Waals surface area (Å²) in [5, 5.41) is 15.6. The Kier molecular flexibility index (Phi) is 2.86. The van der Waals surface area contributed by atoms with E-state index < -0.39 is 0 Å². The maximum absolute atomic E-state index is 11.3. The topological polar surface area (TPSA) is 81.8 Å². The Morgan fingerprint density at radius 2 is 2.47 bits per heavy atom. The minimum absolute atomic E-state index is 0.203. The molecule has 15 heavy (non-hydrogen) atoms. The highest BCUT2D eigenvalue weighted by Crippen LogP contribution is 2.19. The van der Waals surface area contributed by atoms with Crippen molar-refractivity contribution in [3.63, 3.8) is 0 Å². The predicted molar refractivity (Wildman–Crippen MR) is 56.7 cm³/mol. The van der Waals surface area contributed by atoms with Gasteiger partial charge in [-0.25, -0.2) is 4.79 Å². The van der Waals surface area contributed by atoms with Crippen LogP contribution in [0.4, 0.5) is 10.6 Å². The van der Waals surface area contributed by atoms with Crippen molar-refractivity contribution >= 4 is 11.8 Å². The first-order valence-corrected chi connectivity index (χ1v) is 5.13. The van der Waals surface area contributed by atoms with Crippen LogP contribution in [0.25, 0.3) is 0 Å². The lowest BCUT2D eigenvalue weighted by Gasteiger charge is -2.13. The molecule has 0 radical (unpaired) electrons. The molecule has 1 aliphatic heterocycles. The van der Waals surface area contributed by atoms with Gasteiger partial charge in [-0.2, -0.15) is 5.10 Å². The summed E-state index contributed by atoms with van der Waals surface area (Å²) in [5.41, 5.74) is 2.17. The van der Waals surface area contributed by atoms with Gasteiger partial charge in [0.25, 0.3) is 0 Å². The molecule has 0 saturated carbocycles. The van der Waals surface area contributed by atoms with E-state index in [2.05, 4.69) is 26.1 Å². The van der Waals surface area contributed by atoms with Crippen molar-refractivity contribution in [1.29, 1.82) is 0 Å². The highest BCUT2D eigenvalue weighted by atomic mass is 16.2. The summed E-state index contributed by atoms with van der Waals surface area (Å²) in [6, 6.07) is -0.203. The number of amides is 2. The smallest absolute Gasteiger partial charge is 0.320 e. The summed E-state index contributed by atoms with van der Waals surface area (Å²) in [5.74, 6) is 0.650. The van der Waals surface area contributed by atoms with Crippen LogP contribution in [0.15, 0.2) is 0 Å². The van der Waals surface area contributed by atoms with E-state index in [0.29, 0.717) is 12.4 Å². The Morgan fingerprint density at radius 3 is 3.27 bits per heavy atom. The molecule has 82 valence electrons. The molecule has 0 saturated heterocycles. The van der Waals surface area contributed by atoms with Crippen LogP contribution in [-0.4, -0.2) is 29.3 Å². The lowest BCUT2D eigenvalue weighted by Crippen LogP contribution is -2.29. The Bertz CT molecular complexity index is 359. The van der Waals surface area contributed by atoms with Gasteiger partial charge in [0.05, 0.1) is 5.69 Å². The molecule has 2 amide bonds. The molecule has 6 heteroatoms. The molecule has 6 nitrogen and oxygen atoms in total. The summed E-state index contributed by atoms with van der Waals surface area (Å²) in [4.78, 5) is 11.3. The van der Waals surface area contributed by atoms with Gasteiger partial charge in [0.1, 0.15) is 0 Å². The van der Waals surface area contributed by atoms with Crippen molar-refractivity contribution in [2.75, 3.05) is 18.4 Å². The zero-order chi connectivity index (χ0) is 10.7. The Morgan fingerprint density at radius 1 is 1.60 bits per heavy atom. The van der Waals surface area contributed by atoms with Crippen molar-refractivity contribution in [1.82, 2.24) is 20.8 Å². The van der Waals surface area contributed by atoms with Gasteiger partial charge in [-0.1, -0.05) is 0 Å². The Labute approximate surface area is 87.8 Å². The SMILES string of the molecule is CCNC(=O)Nc1n[nH]c2c1CCNC2. The van der Waals surface area contributed by atoms with Crippen molar-refractivity contribution in [3.05, 3.63) is 11.3 Å². The molecular weight excluding hydrogens is 194 g/mol. The van der Waals surface area contributed by atoms with E-state index >= 15 is 0 Å². The number of carbonyl (C=O) groups is 1. The summed E-state index contributed by atoms with van der Waals surface area (Å²) >= 11 is 0. The highest BCUT2D eigenvalue weighted by molar-refractivity contribution is 5.89. The van der Waals surface area contributed by atoms with Crippen LogP contribution in [0.1, 0.15) is 18.2 Å². The predicted octanol–water partition coefficient (Wildman–Crippen LogP) is 0.197. The number of carbonyl (C=O) groups excluding carboxylic acids is 1. The summed E-state index contributed by atoms with van der Waals surface area (Å²) in [6.07, 6.45) is 0.896. The standard InChI is InChI=1S/C9H15N5O/c1-2-11-9(15)12-8-6-3-4-10-5-7(6)13-14-8/h10H,2-5H2,1H3,(H3,11,12,13,14,15). The van der Waals surface area contributed by atoms with Crippen LogP contribution in [0.3, 0.4) is 0 Å². The third kappa shape index (κ3) is 2.10. The molecule has 1 aliphatic rings. The van der Waals surface area contributed by atoms with Gasteiger partial charge in [-0.3, -0.25) is 10.4 Å². The molecule has 0 spiro atoms. The van der Waals surface area contributed by atoms with E-state index in [9.17, 15) is 4.79 Å². The fraction of sp³-hybridized carbons (Fsp3) is 0.556. The number of rotatable bonds is 2. The quantitative estimate of drug-likeness (QED) is 0.561. The molecule has 0 bridgehead atoms. The maximum atomic E-state index is 11.3. The zero-order valence-electron chi connectivity index (χ0n) is 8.68. The molecule has 1 aromatic rings. The molecule has 0 fully saturated rings. The fourth-order valence-electron chi connectivity index (χ4n) is 1.66. The maximum Gasteiger partial charge on any atom is 0.320 e. The first-order valence-electron chi connectivity index (χ1n) is 5.13. The monoisotopic (exact) mass is 209 g/mol. The summed E-state index contributed by atoms with van der Waals surface area (Å²) in [6.45, 7) is 4.21. The van der Waals surface area contributed by atoms with Gasteiger partial charge in [0.2, 0.25) is 0 Å². The number of nitrogens with zero attached hydrogens (tertiary/aromatic N) is 1. The number of fused-ring (bicyclic) bond motifs is 1. The van der Waals surface area contributed by atoms with Crippen molar-refractivity contribution in [3.8, 4) is 0 Å². The van der Waals surface area contributed by atoms with Crippen LogP contribution in [0.2, 0.25) is 0 Å². The fourth-order valence-corrected chi connectivity index (χ4v) is 1.66. The van der Waals surface area contributed by atoms with Gasteiger partial charge in [-0.05, 0) is 19.9 Å². The Balaban J connectivity index is 2.08. The summed E-state index contributed by atoms with van der Waals surface area (Å²) < 4.78 is 0. The summed E-state index contributed by atoms with van der Waals surface area (Å²) in [7, 11) is 0. The highest BCUT2D eigenvalue weighted by Gasteiger charge is 2.17. The van der Waals surface area contributed by atoms with Gasteiger partial charge in [0, 0.05) is 18.7 Å². The lowest BCUT2D eigenvalue weighted by atomic mass is 10.1. The normalized spacial score (nSPS) is 14.5. The largest absolute Gasteiger partial charge is 0.338 e. The molecular formula is C9H15N5O. The molecule has 0 atom stereocenters. The average Bonchev–Trinajstić information content (AvgIpc) is 2.62. The zero-order valence-corrected chi connectivity index (χ0v) is 8.68. The molecule has 2 heterocycles. The molecule has 0 unspecified atom stereocenters. The van der Waals surface area contributed by atoms with Gasteiger partial charge >= 0.3 is 6.03 Å². The number of urea groups is 1. The van der Waals surface area contributed by atoms with Crippen LogP contribution in [0.5, 0.6) is 0 Å². The molecule has 0 aliphatic carbocycles. The van der Waals surface area contributed by atoms with E-state index in [4.69, 9.17) is 0 Å². The van der Waals surface area contributed by atoms with Crippen LogP contribution >= 0.6 is 0 Å². The number of hydrogen-bond donors (Lipinski definition) is 4. The Hall–Kier alpha value is -1.56. The number of H-pyrrole nitrogens is 1. The van der Waals surface area contributed by atoms with Crippen LogP contribution in [-0.2, 0) is 13.0 Å². The number of aromatic nitrogens is 2. The average molecular weight is 209 g/mol. The molecule has 0 aromatic carbocycles. The third-order valence-corrected chi connectivity index (χ3v) is 2.38. The van der Waals surface area contributed by atoms with Crippen molar-refractivity contribution in [2.45, 2.75) is 19.9 Å². The number of hydrogen-bond acceptors (Lipinski definition) is 3. The van der Waals surface area contributed by atoms with E-state index in [-0.39, 0.29) is 6.03 Å². The van der Waals surface area contributed by atoms with E-state index in [1.54, 1.807) is 0 Å². The molecule has 2 rings (SSSR count). The van der Waals surface area contributed by atoms with E-state index in [1.807, 2.05) is 6.92 Å². The second-order valence-corrected chi connectivity index (χ2v) is 3.44. The lowest BCUT2D eigenvalue weighted by molar-refractivity contribution is 0.252. The van der Waals surface area contributed by atoms with Crippen LogP contribution < -0.4 is 16.0 Å². The first-order chi connectivity index (χ1) is 7.31.